The van der Waals surface area contributed by atoms with E-state index in [0.717, 1.165) is 29.4 Å². The summed E-state index contributed by atoms with van der Waals surface area (Å²) in [5.74, 6) is -0.823. The van der Waals surface area contributed by atoms with Gasteiger partial charge in [0.25, 0.3) is 0 Å². The van der Waals surface area contributed by atoms with Gasteiger partial charge in [0.2, 0.25) is 0 Å². The SMILES string of the molecule is O=C(O)Cc1cccc2nnn(C3CC3)c12. The lowest BCUT2D eigenvalue weighted by molar-refractivity contribution is -0.136. The number of hydrogen-bond donors (Lipinski definition) is 1. The maximum atomic E-state index is 10.8. The highest BCUT2D eigenvalue weighted by Gasteiger charge is 2.27. The van der Waals surface area contributed by atoms with Crippen LogP contribution in [-0.2, 0) is 11.2 Å². The summed E-state index contributed by atoms with van der Waals surface area (Å²) in [5, 5.41) is 17.0. The number of nitrogens with zero attached hydrogens (tertiary/aromatic N) is 3. The summed E-state index contributed by atoms with van der Waals surface area (Å²) in [6.45, 7) is 0. The lowest BCUT2D eigenvalue weighted by atomic mass is 10.1. The number of para-hydroxylation sites is 1. The van der Waals surface area contributed by atoms with Crippen molar-refractivity contribution < 1.29 is 9.90 Å². The normalized spacial score (nSPS) is 15.5. The number of hydrogen-bond acceptors (Lipinski definition) is 3. The molecule has 16 heavy (non-hydrogen) atoms. The minimum absolute atomic E-state index is 0.0252. The van der Waals surface area contributed by atoms with Gasteiger partial charge in [-0.25, -0.2) is 4.68 Å². The summed E-state index contributed by atoms with van der Waals surface area (Å²) in [4.78, 5) is 10.8. The zero-order valence-corrected chi connectivity index (χ0v) is 8.63. The zero-order valence-electron chi connectivity index (χ0n) is 8.63. The molecule has 0 amide bonds. The molecule has 1 fully saturated rings. The van der Waals surface area contributed by atoms with E-state index >= 15 is 0 Å². The first kappa shape index (κ1) is 9.33. The Bertz CT molecular complexity index is 557. The molecule has 2 aromatic rings. The van der Waals surface area contributed by atoms with Crippen LogP contribution in [0.15, 0.2) is 18.2 Å². The molecule has 1 saturated carbocycles. The van der Waals surface area contributed by atoms with Gasteiger partial charge in [0, 0.05) is 0 Å². The summed E-state index contributed by atoms with van der Waals surface area (Å²) >= 11 is 0. The Morgan fingerprint density at radius 2 is 2.31 bits per heavy atom. The molecular weight excluding hydrogens is 206 g/mol. The third-order valence-electron chi connectivity index (χ3n) is 2.81. The maximum absolute atomic E-state index is 10.8. The third kappa shape index (κ3) is 1.44. The highest BCUT2D eigenvalue weighted by Crippen LogP contribution is 2.36. The van der Waals surface area contributed by atoms with Gasteiger partial charge in [0.1, 0.15) is 5.52 Å². The van der Waals surface area contributed by atoms with E-state index in [2.05, 4.69) is 10.3 Å². The van der Waals surface area contributed by atoms with Crippen molar-refractivity contribution >= 4 is 17.0 Å². The number of carboxylic acids is 1. The van der Waals surface area contributed by atoms with Crippen LogP contribution in [-0.4, -0.2) is 26.1 Å². The number of carbonyl (C=O) groups is 1. The lowest BCUT2D eigenvalue weighted by Gasteiger charge is -2.03. The van der Waals surface area contributed by atoms with Gasteiger partial charge >= 0.3 is 5.97 Å². The van der Waals surface area contributed by atoms with Crippen LogP contribution in [0.5, 0.6) is 0 Å². The van der Waals surface area contributed by atoms with E-state index < -0.39 is 5.97 Å². The van der Waals surface area contributed by atoms with E-state index in [9.17, 15) is 4.79 Å². The molecule has 0 spiro atoms. The predicted octanol–water partition coefficient (Wildman–Crippen LogP) is 1.39. The molecule has 0 bridgehead atoms. The van der Waals surface area contributed by atoms with E-state index in [1.807, 2.05) is 22.9 Å². The first-order valence-corrected chi connectivity index (χ1v) is 5.30. The smallest absolute Gasteiger partial charge is 0.307 e. The first-order chi connectivity index (χ1) is 7.75. The molecule has 1 aromatic carbocycles. The van der Waals surface area contributed by atoms with E-state index in [0.29, 0.717) is 6.04 Å². The van der Waals surface area contributed by atoms with Crippen molar-refractivity contribution in [3.63, 3.8) is 0 Å². The fourth-order valence-corrected chi connectivity index (χ4v) is 1.94. The number of aromatic nitrogens is 3. The molecular formula is C11H11N3O2. The summed E-state index contributed by atoms with van der Waals surface area (Å²) in [6.07, 6.45) is 2.25. The maximum Gasteiger partial charge on any atom is 0.307 e. The molecule has 5 heteroatoms. The van der Waals surface area contributed by atoms with E-state index in [4.69, 9.17) is 5.11 Å². The number of carboxylic acid groups (broad SMARTS) is 1. The first-order valence-electron chi connectivity index (χ1n) is 5.30. The van der Waals surface area contributed by atoms with Crippen molar-refractivity contribution in [3.05, 3.63) is 23.8 Å². The van der Waals surface area contributed by atoms with E-state index in [1.165, 1.54) is 0 Å². The Morgan fingerprint density at radius 3 is 3.00 bits per heavy atom. The van der Waals surface area contributed by atoms with Crippen molar-refractivity contribution in [2.75, 3.05) is 0 Å². The monoisotopic (exact) mass is 217 g/mol. The molecule has 1 aromatic heterocycles. The van der Waals surface area contributed by atoms with Crippen LogP contribution in [0, 0.1) is 0 Å². The second-order valence-corrected chi connectivity index (χ2v) is 4.12. The average Bonchev–Trinajstić information content (AvgIpc) is 2.98. The van der Waals surface area contributed by atoms with Gasteiger partial charge in [0.15, 0.2) is 0 Å². The largest absolute Gasteiger partial charge is 0.481 e. The van der Waals surface area contributed by atoms with Gasteiger partial charge in [-0.2, -0.15) is 0 Å². The van der Waals surface area contributed by atoms with Gasteiger partial charge in [-0.15, -0.1) is 5.10 Å². The zero-order chi connectivity index (χ0) is 11.1. The molecule has 0 radical (unpaired) electrons. The predicted molar refractivity (Wildman–Crippen MR) is 57.1 cm³/mol. The Balaban J connectivity index is 2.17. The molecule has 82 valence electrons. The molecule has 1 aliphatic rings. The molecule has 0 atom stereocenters. The third-order valence-corrected chi connectivity index (χ3v) is 2.81. The minimum Gasteiger partial charge on any atom is -0.481 e. The van der Waals surface area contributed by atoms with Gasteiger partial charge in [-0.3, -0.25) is 4.79 Å². The van der Waals surface area contributed by atoms with E-state index in [-0.39, 0.29) is 6.42 Å². The highest BCUT2D eigenvalue weighted by molar-refractivity contribution is 5.83. The van der Waals surface area contributed by atoms with Crippen LogP contribution in [0.1, 0.15) is 24.4 Å². The molecule has 0 aliphatic heterocycles. The number of fused-ring (bicyclic) bond motifs is 1. The Labute approximate surface area is 91.7 Å². The second kappa shape index (κ2) is 3.30. The molecule has 0 unspecified atom stereocenters. The number of aliphatic carboxylic acids is 1. The number of benzene rings is 1. The van der Waals surface area contributed by atoms with Crippen LogP contribution in [0.2, 0.25) is 0 Å². The molecule has 1 heterocycles. The summed E-state index contributed by atoms with van der Waals surface area (Å²) in [6, 6.07) is 5.94. The standard InChI is InChI=1S/C11H11N3O2/c15-10(16)6-7-2-1-3-9-11(7)14(13-12-9)8-4-5-8/h1-3,8H,4-6H2,(H,15,16). The highest BCUT2D eigenvalue weighted by atomic mass is 16.4. The topological polar surface area (TPSA) is 68.0 Å². The summed E-state index contributed by atoms with van der Waals surface area (Å²) in [7, 11) is 0. The van der Waals surface area contributed by atoms with Crippen molar-refractivity contribution in [1.29, 1.82) is 0 Å². The minimum atomic E-state index is -0.823. The average molecular weight is 217 g/mol. The summed E-state index contributed by atoms with van der Waals surface area (Å²) in [5.41, 5.74) is 2.46. The van der Waals surface area contributed by atoms with Gasteiger partial charge in [0.05, 0.1) is 18.0 Å². The number of rotatable bonds is 3. The van der Waals surface area contributed by atoms with Crippen LogP contribution in [0.4, 0.5) is 0 Å². The van der Waals surface area contributed by atoms with Crippen LogP contribution >= 0.6 is 0 Å². The van der Waals surface area contributed by atoms with Crippen molar-refractivity contribution in [3.8, 4) is 0 Å². The van der Waals surface area contributed by atoms with Crippen molar-refractivity contribution in [2.45, 2.75) is 25.3 Å². The Hall–Kier alpha value is -1.91. The fraction of sp³-hybridized carbons (Fsp3) is 0.364. The molecule has 5 nitrogen and oxygen atoms in total. The van der Waals surface area contributed by atoms with Crippen molar-refractivity contribution in [2.24, 2.45) is 0 Å². The lowest BCUT2D eigenvalue weighted by Crippen LogP contribution is -2.04. The van der Waals surface area contributed by atoms with Crippen LogP contribution in [0.3, 0.4) is 0 Å². The molecule has 3 rings (SSSR count). The fourth-order valence-electron chi connectivity index (χ4n) is 1.94. The van der Waals surface area contributed by atoms with Gasteiger partial charge < -0.3 is 5.11 Å². The van der Waals surface area contributed by atoms with Crippen molar-refractivity contribution in [1.82, 2.24) is 15.0 Å². The second-order valence-electron chi connectivity index (χ2n) is 4.12. The van der Waals surface area contributed by atoms with Gasteiger partial charge in [-0.05, 0) is 24.5 Å². The molecule has 0 saturated heterocycles. The quantitative estimate of drug-likeness (QED) is 0.843. The van der Waals surface area contributed by atoms with Crippen LogP contribution < -0.4 is 0 Å². The van der Waals surface area contributed by atoms with Gasteiger partial charge in [-0.1, -0.05) is 17.3 Å². The van der Waals surface area contributed by atoms with Crippen LogP contribution in [0.25, 0.3) is 11.0 Å². The molecule has 1 N–H and O–H groups in total. The summed E-state index contributed by atoms with van der Waals surface area (Å²) < 4.78 is 1.87. The van der Waals surface area contributed by atoms with E-state index in [1.54, 1.807) is 0 Å². The molecule has 1 aliphatic carbocycles. The Kier molecular flexibility index (Phi) is 1.92. The Morgan fingerprint density at radius 1 is 1.50 bits per heavy atom.